The topological polar surface area (TPSA) is 162 Å². The minimum atomic E-state index is -1.68. The van der Waals surface area contributed by atoms with Crippen molar-refractivity contribution in [2.45, 2.75) is 50.4 Å². The van der Waals surface area contributed by atoms with Crippen LogP contribution in [0.4, 0.5) is 0 Å². The molecule has 112 valence electrons. The van der Waals surface area contributed by atoms with Gasteiger partial charge in [0.2, 0.25) is 0 Å². The summed E-state index contributed by atoms with van der Waals surface area (Å²) in [5.41, 5.74) is 8.38. The number of nitrogens with zero attached hydrogens (tertiary/aromatic N) is 3. The number of rotatable bonds is 3. The Kier molecular flexibility index (Phi) is 5.28. The molecule has 3 N–H and O–H groups in total. The zero-order valence-electron chi connectivity index (χ0n) is 10.8. The summed E-state index contributed by atoms with van der Waals surface area (Å²) < 4.78 is 9.56. The van der Waals surface area contributed by atoms with Crippen molar-refractivity contribution in [3.05, 3.63) is 10.4 Å². The highest BCUT2D eigenvalue weighted by molar-refractivity contribution is 5.67. The maximum Gasteiger partial charge on any atom is 0.303 e. The molecule has 10 heteroatoms. The Morgan fingerprint density at radius 1 is 1.00 bits per heavy atom. The lowest BCUT2D eigenvalue weighted by Crippen LogP contribution is -2.64. The van der Waals surface area contributed by atoms with Crippen LogP contribution in [0.3, 0.4) is 0 Å². The molecular weight excluding hydrogens is 274 g/mol. The summed E-state index contributed by atoms with van der Waals surface area (Å²) in [6.45, 7) is 2.10. The fourth-order valence-electron chi connectivity index (χ4n) is 2.03. The van der Waals surface area contributed by atoms with Gasteiger partial charge in [-0.2, -0.15) is 0 Å². The van der Waals surface area contributed by atoms with Gasteiger partial charge in [-0.3, -0.25) is 9.59 Å². The number of hydrogen-bond acceptors (Lipinski definition) is 8. The summed E-state index contributed by atoms with van der Waals surface area (Å²) in [5, 5.41) is 32.8. The molecule has 0 aromatic heterocycles. The van der Waals surface area contributed by atoms with Crippen LogP contribution in [0.15, 0.2) is 5.11 Å². The number of carbonyl (C=O) groups is 2. The third-order valence-corrected chi connectivity index (χ3v) is 2.84. The molecule has 0 saturated heterocycles. The Morgan fingerprint density at radius 2 is 1.45 bits per heavy atom. The van der Waals surface area contributed by atoms with E-state index in [9.17, 15) is 24.9 Å². The van der Waals surface area contributed by atoms with Crippen molar-refractivity contribution in [2.24, 2.45) is 5.11 Å². The molecule has 10 nitrogen and oxygen atoms in total. The molecule has 0 aromatic rings. The minimum absolute atomic E-state index is 0.797. The summed E-state index contributed by atoms with van der Waals surface area (Å²) >= 11 is 0. The van der Waals surface area contributed by atoms with Gasteiger partial charge in [0.1, 0.15) is 12.2 Å². The van der Waals surface area contributed by atoms with E-state index in [1.807, 2.05) is 0 Å². The molecule has 0 amide bonds. The van der Waals surface area contributed by atoms with Crippen LogP contribution in [0.25, 0.3) is 10.4 Å². The molecule has 20 heavy (non-hydrogen) atoms. The predicted octanol–water partition coefficient (Wildman–Crippen LogP) is -1.38. The largest absolute Gasteiger partial charge is 0.456 e. The SMILES string of the molecule is CC(=O)O[C@@H]1[C@@H](O)[C@@H](O)[C@H](N=[N+]=[N-])[C@@H](O)[C@@H]1OC(C)=O. The van der Waals surface area contributed by atoms with E-state index in [1.54, 1.807) is 0 Å². The first-order valence-electron chi connectivity index (χ1n) is 5.72. The van der Waals surface area contributed by atoms with Gasteiger partial charge < -0.3 is 24.8 Å². The minimum Gasteiger partial charge on any atom is -0.456 e. The van der Waals surface area contributed by atoms with E-state index in [0.717, 1.165) is 13.8 Å². The Morgan fingerprint density at radius 3 is 1.85 bits per heavy atom. The maximum atomic E-state index is 11.0. The summed E-state index contributed by atoms with van der Waals surface area (Å²) in [4.78, 5) is 24.5. The van der Waals surface area contributed by atoms with Gasteiger partial charge in [-0.15, -0.1) is 0 Å². The second-order valence-corrected chi connectivity index (χ2v) is 4.32. The summed E-state index contributed by atoms with van der Waals surface area (Å²) in [5.74, 6) is -1.60. The second-order valence-electron chi connectivity index (χ2n) is 4.32. The first-order chi connectivity index (χ1) is 9.29. The van der Waals surface area contributed by atoms with Crippen molar-refractivity contribution >= 4 is 11.9 Å². The lowest BCUT2D eigenvalue weighted by molar-refractivity contribution is -0.216. The highest BCUT2D eigenvalue weighted by Crippen LogP contribution is 2.28. The fraction of sp³-hybridized carbons (Fsp3) is 0.800. The van der Waals surface area contributed by atoms with Crippen LogP contribution < -0.4 is 0 Å². The molecule has 0 spiro atoms. The van der Waals surface area contributed by atoms with Crippen molar-refractivity contribution < 1.29 is 34.4 Å². The average molecular weight is 289 g/mol. The highest BCUT2D eigenvalue weighted by Gasteiger charge is 2.52. The molecular formula is C10H15N3O7. The number of aliphatic hydroxyl groups is 3. The smallest absolute Gasteiger partial charge is 0.303 e. The quantitative estimate of drug-likeness (QED) is 0.249. The van der Waals surface area contributed by atoms with Crippen LogP contribution in [0.5, 0.6) is 0 Å². The van der Waals surface area contributed by atoms with Gasteiger partial charge in [-0.25, -0.2) is 0 Å². The Hall–Kier alpha value is -1.87. The van der Waals surface area contributed by atoms with E-state index in [2.05, 4.69) is 10.0 Å². The second kappa shape index (κ2) is 6.53. The maximum absolute atomic E-state index is 11.0. The normalized spacial score (nSPS) is 36.6. The summed E-state index contributed by atoms with van der Waals surface area (Å²) in [6, 6.07) is -1.44. The van der Waals surface area contributed by atoms with E-state index in [0.29, 0.717) is 0 Å². The molecule has 0 bridgehead atoms. The van der Waals surface area contributed by atoms with Gasteiger partial charge in [0.25, 0.3) is 0 Å². The van der Waals surface area contributed by atoms with E-state index < -0.39 is 48.5 Å². The van der Waals surface area contributed by atoms with Crippen LogP contribution in [0.1, 0.15) is 13.8 Å². The number of carbonyl (C=O) groups excluding carboxylic acids is 2. The molecule has 1 aliphatic carbocycles. The first kappa shape index (κ1) is 16.2. The van der Waals surface area contributed by atoms with Crippen molar-refractivity contribution in [1.29, 1.82) is 0 Å². The Balaban J connectivity index is 3.11. The Labute approximate surface area is 113 Å². The number of aliphatic hydroxyl groups excluding tert-OH is 3. The summed E-state index contributed by atoms with van der Waals surface area (Å²) in [7, 11) is 0. The molecule has 1 rings (SSSR count). The third kappa shape index (κ3) is 3.36. The first-order valence-corrected chi connectivity index (χ1v) is 5.72. The zero-order valence-corrected chi connectivity index (χ0v) is 10.8. The molecule has 0 radical (unpaired) electrons. The van der Waals surface area contributed by atoms with Gasteiger partial charge in [0.05, 0.1) is 12.1 Å². The fourth-order valence-corrected chi connectivity index (χ4v) is 2.03. The predicted molar refractivity (Wildman–Crippen MR) is 62.1 cm³/mol. The molecule has 1 aliphatic rings. The van der Waals surface area contributed by atoms with Crippen LogP contribution in [0, 0.1) is 0 Å². The van der Waals surface area contributed by atoms with Gasteiger partial charge >= 0.3 is 11.9 Å². The monoisotopic (exact) mass is 289 g/mol. The van der Waals surface area contributed by atoms with Crippen molar-refractivity contribution in [3.63, 3.8) is 0 Å². The number of ether oxygens (including phenoxy) is 2. The molecule has 0 aromatic carbocycles. The van der Waals surface area contributed by atoms with Gasteiger partial charge in [-0.1, -0.05) is 5.11 Å². The van der Waals surface area contributed by atoms with Gasteiger partial charge in [0, 0.05) is 18.8 Å². The number of esters is 2. The van der Waals surface area contributed by atoms with Crippen LogP contribution in [0.2, 0.25) is 0 Å². The molecule has 1 fully saturated rings. The lowest BCUT2D eigenvalue weighted by Gasteiger charge is -2.42. The van der Waals surface area contributed by atoms with E-state index in [-0.39, 0.29) is 0 Å². The zero-order chi connectivity index (χ0) is 15.4. The van der Waals surface area contributed by atoms with E-state index >= 15 is 0 Å². The number of hydrogen-bond donors (Lipinski definition) is 3. The average Bonchev–Trinajstić information content (AvgIpc) is 2.35. The van der Waals surface area contributed by atoms with Crippen molar-refractivity contribution in [1.82, 2.24) is 0 Å². The standard InChI is InChI=1S/C10H15N3O7/c1-3(14)19-9-7(17)5(12-13-11)6(16)8(18)10(9)20-4(2)15/h5-10,16-18H,1-2H3/t5-,6-,7+,8-,9-,10+/m0/s1. The molecule has 1 saturated carbocycles. The third-order valence-electron chi connectivity index (χ3n) is 2.84. The van der Waals surface area contributed by atoms with E-state index in [1.165, 1.54) is 0 Å². The Bertz CT molecular complexity index is 437. The summed E-state index contributed by atoms with van der Waals surface area (Å²) in [6.07, 6.45) is -7.89. The molecule has 0 heterocycles. The van der Waals surface area contributed by atoms with Crippen LogP contribution in [-0.4, -0.2) is 63.8 Å². The van der Waals surface area contributed by atoms with Crippen molar-refractivity contribution in [2.75, 3.05) is 0 Å². The van der Waals surface area contributed by atoms with Crippen LogP contribution in [-0.2, 0) is 19.1 Å². The number of azide groups is 1. The van der Waals surface area contributed by atoms with Crippen molar-refractivity contribution in [3.8, 4) is 0 Å². The van der Waals surface area contributed by atoms with Gasteiger partial charge in [0.15, 0.2) is 12.2 Å². The molecule has 0 unspecified atom stereocenters. The molecule has 6 atom stereocenters. The highest BCUT2D eigenvalue weighted by atomic mass is 16.6. The van der Waals surface area contributed by atoms with Crippen LogP contribution >= 0.6 is 0 Å². The van der Waals surface area contributed by atoms with E-state index in [4.69, 9.17) is 15.0 Å². The van der Waals surface area contributed by atoms with Gasteiger partial charge in [-0.05, 0) is 5.53 Å². The lowest BCUT2D eigenvalue weighted by atomic mass is 9.83. The molecule has 0 aliphatic heterocycles.